The van der Waals surface area contributed by atoms with Gasteiger partial charge in [0.15, 0.2) is 5.82 Å². The number of nitrogens with zero attached hydrogens (tertiary/aromatic N) is 1. The Bertz CT molecular complexity index is 847. The molecular weight excluding hydrogens is 322 g/mol. The number of benzene rings is 1. The Balaban J connectivity index is 2.29. The Kier molecular flexibility index (Phi) is 4.60. The number of pyridine rings is 1. The number of carboxylic acids is 1. The number of anilines is 2. The Labute approximate surface area is 132 Å². The highest BCUT2D eigenvalue weighted by molar-refractivity contribution is 7.92. The minimum absolute atomic E-state index is 0.0893. The SMILES string of the molecule is CC(=O)Nc1ccc(S(=O)(=O)Nc2ncccc2C(=O)O)cc1. The molecule has 9 heteroatoms. The van der Waals surface area contributed by atoms with Crippen molar-refractivity contribution in [1.29, 1.82) is 0 Å². The number of sulfonamides is 1. The van der Waals surface area contributed by atoms with Crippen LogP contribution in [0.25, 0.3) is 0 Å². The van der Waals surface area contributed by atoms with Crippen LogP contribution in [0.3, 0.4) is 0 Å². The van der Waals surface area contributed by atoms with E-state index in [1.54, 1.807) is 0 Å². The second kappa shape index (κ2) is 6.44. The van der Waals surface area contributed by atoms with E-state index in [2.05, 4.69) is 15.0 Å². The van der Waals surface area contributed by atoms with Gasteiger partial charge in [-0.05, 0) is 36.4 Å². The molecule has 23 heavy (non-hydrogen) atoms. The molecule has 0 aliphatic heterocycles. The van der Waals surface area contributed by atoms with E-state index in [1.165, 1.54) is 49.5 Å². The molecule has 0 spiro atoms. The largest absolute Gasteiger partial charge is 0.478 e. The first-order valence-corrected chi connectivity index (χ1v) is 7.87. The first-order chi connectivity index (χ1) is 10.8. The van der Waals surface area contributed by atoms with Gasteiger partial charge in [0, 0.05) is 18.8 Å². The molecule has 0 fully saturated rings. The third-order valence-electron chi connectivity index (χ3n) is 2.75. The van der Waals surface area contributed by atoms with Crippen LogP contribution in [0, 0.1) is 0 Å². The van der Waals surface area contributed by atoms with Crippen molar-refractivity contribution in [1.82, 2.24) is 4.98 Å². The Hall–Kier alpha value is -2.94. The van der Waals surface area contributed by atoms with Crippen LogP contribution in [0.1, 0.15) is 17.3 Å². The van der Waals surface area contributed by atoms with E-state index in [0.717, 1.165) is 0 Å². The normalized spacial score (nSPS) is 10.8. The third-order valence-corrected chi connectivity index (χ3v) is 4.11. The number of carbonyl (C=O) groups is 2. The quantitative estimate of drug-likeness (QED) is 0.761. The highest BCUT2D eigenvalue weighted by Gasteiger charge is 2.19. The summed E-state index contributed by atoms with van der Waals surface area (Å²) >= 11 is 0. The molecule has 0 radical (unpaired) electrons. The lowest BCUT2D eigenvalue weighted by atomic mass is 10.3. The molecule has 0 unspecified atom stereocenters. The van der Waals surface area contributed by atoms with Gasteiger partial charge in [-0.3, -0.25) is 9.52 Å². The average Bonchev–Trinajstić information content (AvgIpc) is 2.47. The molecule has 120 valence electrons. The molecule has 0 aliphatic carbocycles. The summed E-state index contributed by atoms with van der Waals surface area (Å²) in [6.45, 7) is 1.33. The highest BCUT2D eigenvalue weighted by Crippen LogP contribution is 2.19. The number of rotatable bonds is 5. The first-order valence-electron chi connectivity index (χ1n) is 6.38. The summed E-state index contributed by atoms with van der Waals surface area (Å²) in [5.74, 6) is -1.85. The van der Waals surface area contributed by atoms with Crippen molar-refractivity contribution < 1.29 is 23.1 Å². The lowest BCUT2D eigenvalue weighted by molar-refractivity contribution is -0.114. The van der Waals surface area contributed by atoms with Crippen molar-refractivity contribution in [2.45, 2.75) is 11.8 Å². The van der Waals surface area contributed by atoms with Crippen molar-refractivity contribution in [3.8, 4) is 0 Å². The number of aromatic carboxylic acids is 1. The fraction of sp³-hybridized carbons (Fsp3) is 0.0714. The molecule has 1 aromatic carbocycles. The molecule has 1 amide bonds. The second-order valence-electron chi connectivity index (χ2n) is 4.52. The Morgan fingerprint density at radius 3 is 2.35 bits per heavy atom. The monoisotopic (exact) mass is 335 g/mol. The average molecular weight is 335 g/mol. The molecule has 8 nitrogen and oxygen atoms in total. The van der Waals surface area contributed by atoms with Gasteiger partial charge in [0.25, 0.3) is 10.0 Å². The zero-order valence-electron chi connectivity index (χ0n) is 12.0. The van der Waals surface area contributed by atoms with Gasteiger partial charge in [0.1, 0.15) is 5.56 Å². The van der Waals surface area contributed by atoms with E-state index < -0.39 is 16.0 Å². The predicted octanol–water partition coefficient (Wildman–Crippen LogP) is 1.54. The predicted molar refractivity (Wildman–Crippen MR) is 82.8 cm³/mol. The first kappa shape index (κ1) is 16.4. The number of aromatic nitrogens is 1. The number of carboxylic acid groups (broad SMARTS) is 1. The van der Waals surface area contributed by atoms with E-state index in [1.807, 2.05) is 0 Å². The summed E-state index contributed by atoms with van der Waals surface area (Å²) < 4.78 is 26.7. The van der Waals surface area contributed by atoms with E-state index in [9.17, 15) is 18.0 Å². The maximum Gasteiger partial charge on any atom is 0.339 e. The molecule has 0 saturated carbocycles. The van der Waals surface area contributed by atoms with E-state index in [-0.39, 0.29) is 22.2 Å². The van der Waals surface area contributed by atoms with Crippen LogP contribution in [0.5, 0.6) is 0 Å². The van der Waals surface area contributed by atoms with Gasteiger partial charge in [0.2, 0.25) is 5.91 Å². The zero-order valence-corrected chi connectivity index (χ0v) is 12.8. The summed E-state index contributed by atoms with van der Waals surface area (Å²) in [4.78, 5) is 25.7. The summed E-state index contributed by atoms with van der Waals surface area (Å²) in [5.41, 5.74) is 0.187. The third kappa shape index (κ3) is 4.04. The molecule has 2 rings (SSSR count). The fourth-order valence-electron chi connectivity index (χ4n) is 1.77. The van der Waals surface area contributed by atoms with Crippen molar-refractivity contribution in [3.63, 3.8) is 0 Å². The standard InChI is InChI=1S/C14H13N3O5S/c1-9(18)16-10-4-6-11(7-5-10)23(21,22)17-13-12(14(19)20)3-2-8-15-13/h2-8H,1H3,(H,15,17)(H,16,18)(H,19,20). The van der Waals surface area contributed by atoms with E-state index in [4.69, 9.17) is 5.11 Å². The van der Waals surface area contributed by atoms with Crippen molar-refractivity contribution in [3.05, 3.63) is 48.2 Å². The number of hydrogen-bond donors (Lipinski definition) is 3. The lowest BCUT2D eigenvalue weighted by Crippen LogP contribution is -2.16. The smallest absolute Gasteiger partial charge is 0.339 e. The van der Waals surface area contributed by atoms with Gasteiger partial charge in [-0.25, -0.2) is 18.2 Å². The fourth-order valence-corrected chi connectivity index (χ4v) is 2.80. The Morgan fingerprint density at radius 1 is 1.13 bits per heavy atom. The minimum atomic E-state index is -4.00. The molecule has 0 bridgehead atoms. The topological polar surface area (TPSA) is 125 Å². The summed E-state index contributed by atoms with van der Waals surface area (Å²) in [6, 6.07) is 8.06. The van der Waals surface area contributed by atoms with Gasteiger partial charge in [0.05, 0.1) is 4.90 Å². The lowest BCUT2D eigenvalue weighted by Gasteiger charge is -2.10. The molecule has 0 atom stereocenters. The van der Waals surface area contributed by atoms with Crippen molar-refractivity contribution in [2.75, 3.05) is 10.0 Å². The summed E-state index contributed by atoms with van der Waals surface area (Å²) in [7, 11) is -4.00. The van der Waals surface area contributed by atoms with Gasteiger partial charge in [-0.1, -0.05) is 0 Å². The van der Waals surface area contributed by atoms with Crippen LogP contribution in [-0.2, 0) is 14.8 Å². The molecule has 1 heterocycles. The number of amides is 1. The summed E-state index contributed by atoms with van der Waals surface area (Å²) in [5, 5.41) is 11.6. The molecule has 0 saturated heterocycles. The second-order valence-corrected chi connectivity index (χ2v) is 6.20. The van der Waals surface area contributed by atoms with Crippen LogP contribution >= 0.6 is 0 Å². The molecule has 2 aromatic rings. The summed E-state index contributed by atoms with van der Waals surface area (Å²) in [6.07, 6.45) is 1.28. The van der Waals surface area contributed by atoms with Crippen LogP contribution in [0.4, 0.5) is 11.5 Å². The number of nitrogens with one attached hydrogen (secondary N) is 2. The zero-order chi connectivity index (χ0) is 17.0. The van der Waals surface area contributed by atoms with Crippen LogP contribution < -0.4 is 10.0 Å². The van der Waals surface area contributed by atoms with Gasteiger partial charge in [-0.15, -0.1) is 0 Å². The molecule has 3 N–H and O–H groups in total. The highest BCUT2D eigenvalue weighted by atomic mass is 32.2. The van der Waals surface area contributed by atoms with E-state index in [0.29, 0.717) is 5.69 Å². The van der Waals surface area contributed by atoms with E-state index >= 15 is 0 Å². The van der Waals surface area contributed by atoms with Crippen LogP contribution in [-0.4, -0.2) is 30.4 Å². The molecule has 1 aromatic heterocycles. The van der Waals surface area contributed by atoms with Gasteiger partial charge in [-0.2, -0.15) is 0 Å². The number of carbonyl (C=O) groups excluding carboxylic acids is 1. The maximum atomic E-state index is 12.3. The molecular formula is C14H13N3O5S. The van der Waals surface area contributed by atoms with Crippen LogP contribution in [0.2, 0.25) is 0 Å². The van der Waals surface area contributed by atoms with Crippen molar-refractivity contribution in [2.24, 2.45) is 0 Å². The van der Waals surface area contributed by atoms with Gasteiger partial charge < -0.3 is 10.4 Å². The Morgan fingerprint density at radius 2 is 1.78 bits per heavy atom. The maximum absolute atomic E-state index is 12.3. The van der Waals surface area contributed by atoms with Crippen LogP contribution in [0.15, 0.2) is 47.5 Å². The minimum Gasteiger partial charge on any atom is -0.478 e. The molecule has 0 aliphatic rings. The van der Waals surface area contributed by atoms with Gasteiger partial charge >= 0.3 is 5.97 Å². The number of hydrogen-bond acceptors (Lipinski definition) is 5. The van der Waals surface area contributed by atoms with Crippen molar-refractivity contribution >= 4 is 33.4 Å².